The van der Waals surface area contributed by atoms with E-state index in [1.807, 2.05) is 36.4 Å². The Balaban J connectivity index is 1.09. The van der Waals surface area contributed by atoms with Gasteiger partial charge in [-0.3, -0.25) is 0 Å². The van der Waals surface area contributed by atoms with Crippen molar-refractivity contribution in [1.82, 2.24) is 9.88 Å². The summed E-state index contributed by atoms with van der Waals surface area (Å²) in [5.74, 6) is 1.60. The summed E-state index contributed by atoms with van der Waals surface area (Å²) in [5, 5.41) is 8.23. The van der Waals surface area contributed by atoms with E-state index in [1.165, 1.54) is 44.1 Å². The van der Waals surface area contributed by atoms with Gasteiger partial charge in [-0.05, 0) is 83.1 Å². The van der Waals surface area contributed by atoms with Crippen molar-refractivity contribution in [2.75, 3.05) is 0 Å². The van der Waals surface area contributed by atoms with Crippen molar-refractivity contribution in [3.8, 4) is 27.9 Å². The van der Waals surface area contributed by atoms with E-state index < -0.39 is 6.17 Å². The van der Waals surface area contributed by atoms with E-state index in [2.05, 4.69) is 157 Å². The molecule has 0 unspecified atom stereocenters. The summed E-state index contributed by atoms with van der Waals surface area (Å²) in [4.78, 5) is 10.6. The fourth-order valence-electron chi connectivity index (χ4n) is 9.82. The molecule has 5 nitrogen and oxygen atoms in total. The molecule has 3 heterocycles. The number of hydrogen-bond acceptors (Lipinski definition) is 4. The third-order valence-electron chi connectivity index (χ3n) is 12.7. The van der Waals surface area contributed by atoms with Gasteiger partial charge in [0.05, 0.1) is 11.0 Å². The van der Waals surface area contributed by atoms with Crippen LogP contribution in [0.25, 0.3) is 72.9 Å². The van der Waals surface area contributed by atoms with Gasteiger partial charge in [-0.25, -0.2) is 9.98 Å². The monoisotopic (exact) mass is 760 g/mol. The smallest absolute Gasteiger partial charge is 0.170 e. The SMILES string of the molecule is CC1(C)c2ccccc2-c2cc3c4cc(-c5ccc(C6N=C(c7ccccc7)NC(c7ccccc7)=N6)c6c7c(oc56)=CCCC=7)ccc4n(-c4ccccc4)c3cc21. The zero-order chi connectivity index (χ0) is 39.2. The van der Waals surface area contributed by atoms with Crippen molar-refractivity contribution in [2.24, 2.45) is 9.98 Å². The minimum atomic E-state index is -0.476. The lowest BCUT2D eigenvalue weighted by molar-refractivity contribution is 0.572. The van der Waals surface area contributed by atoms with E-state index >= 15 is 0 Å². The number of amidine groups is 2. The summed E-state index contributed by atoms with van der Waals surface area (Å²) in [6.07, 6.45) is 6.00. The molecule has 0 atom stereocenters. The van der Waals surface area contributed by atoms with E-state index in [0.29, 0.717) is 0 Å². The van der Waals surface area contributed by atoms with Crippen molar-refractivity contribution >= 4 is 56.6 Å². The second-order valence-corrected chi connectivity index (χ2v) is 16.4. The van der Waals surface area contributed by atoms with E-state index in [4.69, 9.17) is 14.4 Å². The molecule has 1 N–H and O–H groups in total. The molecule has 2 aromatic heterocycles. The Morgan fingerprint density at radius 2 is 1.24 bits per heavy atom. The summed E-state index contributed by atoms with van der Waals surface area (Å²) < 4.78 is 9.36. The molecule has 0 spiro atoms. The van der Waals surface area contributed by atoms with E-state index in [1.54, 1.807) is 0 Å². The lowest BCUT2D eigenvalue weighted by Gasteiger charge is -2.23. The summed E-state index contributed by atoms with van der Waals surface area (Å²) in [5.41, 5.74) is 15.9. The lowest BCUT2D eigenvalue weighted by Crippen LogP contribution is -2.36. The van der Waals surface area contributed by atoms with Crippen LogP contribution in [0.2, 0.25) is 0 Å². The van der Waals surface area contributed by atoms with E-state index in [-0.39, 0.29) is 5.41 Å². The van der Waals surface area contributed by atoms with Crippen molar-refractivity contribution in [3.05, 3.63) is 196 Å². The van der Waals surface area contributed by atoms with Crippen LogP contribution < -0.4 is 16.0 Å². The van der Waals surface area contributed by atoms with Crippen molar-refractivity contribution in [2.45, 2.75) is 38.3 Å². The van der Waals surface area contributed by atoms with Gasteiger partial charge in [-0.15, -0.1) is 0 Å². The Morgan fingerprint density at radius 3 is 1.98 bits per heavy atom. The van der Waals surface area contributed by atoms with Gasteiger partial charge in [-0.1, -0.05) is 141 Å². The Labute approximate surface area is 342 Å². The fraction of sp³-hybridized carbons (Fsp3) is 0.111. The third kappa shape index (κ3) is 5.17. The highest BCUT2D eigenvalue weighted by molar-refractivity contribution is 6.16. The molecule has 12 rings (SSSR count). The van der Waals surface area contributed by atoms with Crippen LogP contribution in [0.1, 0.15) is 60.7 Å². The molecule has 1 aliphatic heterocycles. The molecular formula is C54H40N4O. The van der Waals surface area contributed by atoms with Crippen LogP contribution in [0, 0.1) is 0 Å². The van der Waals surface area contributed by atoms with Crippen LogP contribution in [-0.4, -0.2) is 16.2 Å². The molecule has 0 amide bonds. The summed E-state index contributed by atoms with van der Waals surface area (Å²) in [7, 11) is 0. The first-order chi connectivity index (χ1) is 29.0. The maximum absolute atomic E-state index is 6.92. The molecule has 0 saturated heterocycles. The van der Waals surface area contributed by atoms with Crippen LogP contribution in [0.5, 0.6) is 0 Å². The quantitative estimate of drug-likeness (QED) is 0.190. The number of para-hydroxylation sites is 1. The van der Waals surface area contributed by atoms with Gasteiger partial charge in [-0.2, -0.15) is 0 Å². The summed E-state index contributed by atoms with van der Waals surface area (Å²) in [6.45, 7) is 4.71. The first-order valence-corrected chi connectivity index (χ1v) is 20.6. The minimum Gasteiger partial charge on any atom is -0.456 e. The van der Waals surface area contributed by atoms with Gasteiger partial charge in [0.15, 0.2) is 6.17 Å². The van der Waals surface area contributed by atoms with Gasteiger partial charge < -0.3 is 14.3 Å². The highest BCUT2D eigenvalue weighted by atomic mass is 16.3. The van der Waals surface area contributed by atoms with Gasteiger partial charge >= 0.3 is 0 Å². The number of nitrogens with zero attached hydrogens (tertiary/aromatic N) is 3. The highest BCUT2D eigenvalue weighted by Gasteiger charge is 2.36. The predicted octanol–water partition coefficient (Wildman–Crippen LogP) is 11.4. The fourth-order valence-corrected chi connectivity index (χ4v) is 9.82. The molecule has 0 saturated carbocycles. The van der Waals surface area contributed by atoms with E-state index in [0.717, 1.165) is 79.6 Å². The maximum Gasteiger partial charge on any atom is 0.170 e. The Kier molecular flexibility index (Phi) is 7.40. The normalized spacial score (nSPS) is 15.5. The number of nitrogens with one attached hydrogen (secondary N) is 1. The van der Waals surface area contributed by atoms with Gasteiger partial charge in [0, 0.05) is 54.7 Å². The number of aliphatic imine (C=N–C) groups is 2. The van der Waals surface area contributed by atoms with Crippen LogP contribution in [0.15, 0.2) is 172 Å². The Bertz CT molecular complexity index is 3310. The lowest BCUT2D eigenvalue weighted by atomic mass is 9.82. The number of rotatable bonds is 5. The van der Waals surface area contributed by atoms with Crippen LogP contribution in [0.3, 0.4) is 0 Å². The molecule has 0 fully saturated rings. The van der Waals surface area contributed by atoms with Crippen LogP contribution in [-0.2, 0) is 5.41 Å². The predicted molar refractivity (Wildman–Crippen MR) is 243 cm³/mol. The zero-order valence-corrected chi connectivity index (χ0v) is 32.9. The average molecular weight is 761 g/mol. The molecule has 5 heteroatoms. The molecule has 282 valence electrons. The van der Waals surface area contributed by atoms with Crippen molar-refractivity contribution in [3.63, 3.8) is 0 Å². The molecule has 9 aromatic rings. The van der Waals surface area contributed by atoms with Crippen LogP contribution in [0.4, 0.5) is 0 Å². The van der Waals surface area contributed by atoms with Gasteiger partial charge in [0.25, 0.3) is 0 Å². The van der Waals surface area contributed by atoms with Gasteiger partial charge in [0.2, 0.25) is 0 Å². The molecule has 2 aliphatic carbocycles. The van der Waals surface area contributed by atoms with E-state index in [9.17, 15) is 0 Å². The number of hydrogen-bond donors (Lipinski definition) is 1. The van der Waals surface area contributed by atoms with Gasteiger partial charge in [0.1, 0.15) is 22.7 Å². The minimum absolute atomic E-state index is 0.102. The number of benzene rings is 7. The molecule has 7 aromatic carbocycles. The second-order valence-electron chi connectivity index (χ2n) is 16.4. The average Bonchev–Trinajstić information content (AvgIpc) is 3.91. The van der Waals surface area contributed by atoms with Crippen molar-refractivity contribution < 1.29 is 4.42 Å². The number of furan rings is 1. The first-order valence-electron chi connectivity index (χ1n) is 20.6. The maximum atomic E-state index is 6.92. The summed E-state index contributed by atoms with van der Waals surface area (Å²) >= 11 is 0. The molecule has 59 heavy (non-hydrogen) atoms. The second kappa shape index (κ2) is 12.9. The number of fused-ring (bicyclic) bond motifs is 9. The standard InChI is InChI=1S/C54H40N4O/c1-54(2)44-24-14-12-22-38(44)41-31-43-42-30-35(26-29-46(42)58(47(43)32-45(41)54)36-20-10-5-11-21-36)37-27-28-40(49-39-23-13-15-25-48(39)59-50(37)49)53-56-51(33-16-6-3-7-17-33)55-52(57-53)34-18-8-4-9-19-34/h3-12,14,16-32,53H,13,15H2,1-2H3,(H,55,56,57). The topological polar surface area (TPSA) is 54.8 Å². The summed E-state index contributed by atoms with van der Waals surface area (Å²) in [6, 6.07) is 56.6. The highest BCUT2D eigenvalue weighted by Crippen LogP contribution is 2.51. The zero-order valence-electron chi connectivity index (χ0n) is 32.9. The molecule has 0 radical (unpaired) electrons. The molecule has 0 bridgehead atoms. The molecular weight excluding hydrogens is 721 g/mol. The third-order valence-corrected chi connectivity index (χ3v) is 12.7. The Morgan fingerprint density at radius 1 is 0.576 bits per heavy atom. The number of aromatic nitrogens is 1. The largest absolute Gasteiger partial charge is 0.456 e. The Hall–Kier alpha value is -7.24. The van der Waals surface area contributed by atoms with Crippen LogP contribution >= 0.6 is 0 Å². The molecule has 3 aliphatic rings. The van der Waals surface area contributed by atoms with Crippen molar-refractivity contribution in [1.29, 1.82) is 0 Å². The first kappa shape index (κ1) is 33.9.